The number of aromatic amines is 1. The topological polar surface area (TPSA) is 176 Å². The number of unbranched alkanes of at least 4 members (excludes halogenated alkanes) is 2. The van der Waals surface area contributed by atoms with Gasteiger partial charge in [0.1, 0.15) is 5.75 Å². The lowest BCUT2D eigenvalue weighted by molar-refractivity contribution is 0.181. The first kappa shape index (κ1) is 44.6. The number of nitrogens with two attached hydrogens (primary N) is 1. The molecule has 0 spiro atoms. The Hall–Kier alpha value is -5.47. The van der Waals surface area contributed by atoms with Crippen LogP contribution < -0.4 is 27.3 Å². The number of aryl methyl sites for hydroxylation is 2. The van der Waals surface area contributed by atoms with Crippen LogP contribution in [0, 0.1) is 0 Å². The number of hydrogen-bond acceptors (Lipinski definition) is 8. The number of aromatic hydroxyl groups is 1. The molecule has 12 nitrogen and oxygen atoms in total. The molecule has 13 heteroatoms. The number of phenolic OH excluding ortho intramolecular Hbond substituents is 1. The van der Waals surface area contributed by atoms with Gasteiger partial charge in [0.2, 0.25) is 5.56 Å². The van der Waals surface area contributed by atoms with Gasteiger partial charge >= 0.3 is 11.8 Å². The van der Waals surface area contributed by atoms with E-state index in [1.54, 1.807) is 21.6 Å². The SMILES string of the molecule is CC(C)(C)[Si](C)(C)O[C@H](CNCc1ccc2c(c1)oc(=O)n2CCCCCc1ccc(-c2ccccc2)c(N(C(=O)O)C2CCC(N)CC2)c1)c1ccc(O)c2[nH]c(=O)ccc12. The van der Waals surface area contributed by atoms with Gasteiger partial charge < -0.3 is 35.1 Å². The van der Waals surface area contributed by atoms with Crippen molar-refractivity contribution < 1.29 is 23.9 Å². The molecule has 62 heavy (non-hydrogen) atoms. The number of aromatic nitrogens is 2. The summed E-state index contributed by atoms with van der Waals surface area (Å²) in [6, 6.07) is 28.7. The summed E-state index contributed by atoms with van der Waals surface area (Å²) in [7, 11) is -2.25. The lowest BCUT2D eigenvalue weighted by Crippen LogP contribution is -2.44. The van der Waals surface area contributed by atoms with Crippen molar-refractivity contribution >= 4 is 42.1 Å². The molecule has 1 atom stereocenters. The van der Waals surface area contributed by atoms with Crippen LogP contribution in [0.5, 0.6) is 5.75 Å². The summed E-state index contributed by atoms with van der Waals surface area (Å²) in [6.45, 7) is 12.5. The molecular weight excluding hydrogens is 799 g/mol. The molecule has 6 N–H and O–H groups in total. The monoisotopic (exact) mass is 859 g/mol. The number of rotatable bonds is 16. The molecule has 1 aliphatic carbocycles. The molecule has 0 saturated heterocycles. The van der Waals surface area contributed by atoms with E-state index in [2.05, 4.69) is 56.3 Å². The fourth-order valence-electron chi connectivity index (χ4n) is 8.45. The predicted octanol–water partition coefficient (Wildman–Crippen LogP) is 9.83. The number of oxazole rings is 1. The number of anilines is 1. The van der Waals surface area contributed by atoms with Crippen LogP contribution in [0.3, 0.4) is 0 Å². The van der Waals surface area contributed by atoms with Crippen molar-refractivity contribution in [1.82, 2.24) is 14.9 Å². The highest BCUT2D eigenvalue weighted by Crippen LogP contribution is 2.41. The molecule has 2 aromatic heterocycles. The Balaban J connectivity index is 0.992. The van der Waals surface area contributed by atoms with E-state index in [0.717, 1.165) is 95.8 Å². The maximum Gasteiger partial charge on any atom is 0.419 e. The number of benzene rings is 4. The number of nitrogens with one attached hydrogen (secondary N) is 2. The van der Waals surface area contributed by atoms with Gasteiger partial charge in [-0.1, -0.05) is 81.8 Å². The number of amides is 1. The molecule has 0 aliphatic heterocycles. The van der Waals surface area contributed by atoms with Crippen molar-refractivity contribution in [1.29, 1.82) is 0 Å². The van der Waals surface area contributed by atoms with Crippen LogP contribution in [0.1, 0.15) is 88.5 Å². The zero-order valence-electron chi connectivity index (χ0n) is 36.6. The Labute approximate surface area is 363 Å². The minimum Gasteiger partial charge on any atom is -0.506 e. The minimum atomic E-state index is -2.25. The highest BCUT2D eigenvalue weighted by atomic mass is 28.4. The fourth-order valence-corrected chi connectivity index (χ4v) is 9.73. The standard InChI is InChI=1S/C49H61N5O7Si/c1-49(2,3)62(4,5)61-44(38-22-25-42(55)46-39(38)23-26-45(56)52-46)31-51-30-33-16-24-40-43(29-33)60-48(59)53(40)27-11-7-8-12-32-15-21-37(34-13-9-6-10-14-34)41(28-32)54(47(57)58)36-19-17-35(50)18-20-36/h6,9-10,13-16,21-26,28-29,35-36,44,51,55H,7-8,11-12,17-20,27,30-31,50H2,1-5H3,(H,52,56)(H,57,58)/t35?,36?,44-/m1/s1. The third kappa shape index (κ3) is 10.1. The quantitative estimate of drug-likeness (QED) is 0.0469. The number of carbonyl (C=O) groups is 1. The number of phenols is 1. The Kier molecular flexibility index (Phi) is 13.6. The summed E-state index contributed by atoms with van der Waals surface area (Å²) in [5, 5.41) is 25.3. The van der Waals surface area contributed by atoms with E-state index < -0.39 is 14.4 Å². The lowest BCUT2D eigenvalue weighted by Gasteiger charge is -2.39. The first-order valence-electron chi connectivity index (χ1n) is 21.9. The number of H-pyrrole nitrogens is 1. The summed E-state index contributed by atoms with van der Waals surface area (Å²) in [6.07, 6.45) is 5.13. The van der Waals surface area contributed by atoms with Crippen molar-refractivity contribution in [3.05, 3.63) is 129 Å². The van der Waals surface area contributed by atoms with E-state index >= 15 is 0 Å². The van der Waals surface area contributed by atoms with Crippen LogP contribution in [-0.2, 0) is 23.9 Å². The highest BCUT2D eigenvalue weighted by Gasteiger charge is 2.40. The smallest absolute Gasteiger partial charge is 0.419 e. The maximum atomic E-state index is 13.1. The number of fused-ring (bicyclic) bond motifs is 2. The molecule has 0 bridgehead atoms. The van der Waals surface area contributed by atoms with Gasteiger partial charge in [-0.25, -0.2) is 9.59 Å². The highest BCUT2D eigenvalue weighted by molar-refractivity contribution is 6.74. The van der Waals surface area contributed by atoms with Gasteiger partial charge in [0, 0.05) is 48.7 Å². The van der Waals surface area contributed by atoms with Crippen molar-refractivity contribution in [2.75, 3.05) is 11.4 Å². The second-order valence-electron chi connectivity index (χ2n) is 18.4. The average Bonchev–Trinajstić information content (AvgIpc) is 3.54. The van der Waals surface area contributed by atoms with E-state index in [0.29, 0.717) is 30.7 Å². The van der Waals surface area contributed by atoms with Gasteiger partial charge in [0.15, 0.2) is 13.9 Å². The summed E-state index contributed by atoms with van der Waals surface area (Å²) >= 11 is 0. The normalized spacial score (nSPS) is 16.5. The minimum absolute atomic E-state index is 0.00751. The van der Waals surface area contributed by atoms with Gasteiger partial charge in [0.25, 0.3) is 0 Å². The number of nitrogens with zero attached hydrogens (tertiary/aromatic N) is 2. The molecule has 1 saturated carbocycles. The number of hydrogen-bond donors (Lipinski definition) is 5. The van der Waals surface area contributed by atoms with Crippen LogP contribution in [-0.4, -0.2) is 52.8 Å². The van der Waals surface area contributed by atoms with Gasteiger partial charge in [-0.05, 0) is 116 Å². The summed E-state index contributed by atoms with van der Waals surface area (Å²) in [5.74, 6) is -0.378. The van der Waals surface area contributed by atoms with Crippen molar-refractivity contribution in [3.8, 4) is 16.9 Å². The molecule has 0 unspecified atom stereocenters. The number of pyridine rings is 1. The fraction of sp³-hybridized carbons (Fsp3) is 0.408. The molecule has 328 valence electrons. The Morgan fingerprint density at radius 3 is 2.42 bits per heavy atom. The molecule has 1 aliphatic rings. The van der Waals surface area contributed by atoms with Crippen LogP contribution in [0.4, 0.5) is 10.5 Å². The maximum absolute atomic E-state index is 13.1. The summed E-state index contributed by atoms with van der Waals surface area (Å²) in [4.78, 5) is 42.4. The second kappa shape index (κ2) is 18.9. The zero-order chi connectivity index (χ0) is 44.2. The molecule has 1 fully saturated rings. The summed E-state index contributed by atoms with van der Waals surface area (Å²) in [5.41, 5.74) is 13.1. The van der Waals surface area contributed by atoms with E-state index in [4.69, 9.17) is 14.6 Å². The largest absolute Gasteiger partial charge is 0.506 e. The molecule has 7 rings (SSSR count). The Morgan fingerprint density at radius 1 is 0.952 bits per heavy atom. The molecule has 6 aromatic rings. The third-order valence-electron chi connectivity index (χ3n) is 13.0. The van der Waals surface area contributed by atoms with Gasteiger partial charge in [-0.2, -0.15) is 0 Å². The van der Waals surface area contributed by atoms with E-state index in [9.17, 15) is 24.6 Å². The van der Waals surface area contributed by atoms with E-state index in [-0.39, 0.29) is 40.3 Å². The van der Waals surface area contributed by atoms with Crippen LogP contribution >= 0.6 is 0 Å². The first-order valence-corrected chi connectivity index (χ1v) is 24.8. The Morgan fingerprint density at radius 2 is 1.69 bits per heavy atom. The van der Waals surface area contributed by atoms with E-state index in [1.165, 1.54) is 6.07 Å². The zero-order valence-corrected chi connectivity index (χ0v) is 37.6. The van der Waals surface area contributed by atoms with Gasteiger partial charge in [0.05, 0.1) is 22.8 Å². The van der Waals surface area contributed by atoms with E-state index in [1.807, 2.05) is 60.7 Å². The van der Waals surface area contributed by atoms with Gasteiger partial charge in [-0.15, -0.1) is 0 Å². The Bertz CT molecular complexity index is 2620. The number of carboxylic acid groups (broad SMARTS) is 1. The molecule has 0 radical (unpaired) electrons. The van der Waals surface area contributed by atoms with Crippen molar-refractivity contribution in [2.24, 2.45) is 5.73 Å². The predicted molar refractivity (Wildman–Crippen MR) is 250 cm³/mol. The van der Waals surface area contributed by atoms with Gasteiger partial charge in [-0.3, -0.25) is 14.3 Å². The van der Waals surface area contributed by atoms with Crippen molar-refractivity contribution in [2.45, 2.75) is 122 Å². The van der Waals surface area contributed by atoms with Crippen molar-refractivity contribution in [3.63, 3.8) is 0 Å². The van der Waals surface area contributed by atoms with Crippen LogP contribution in [0.25, 0.3) is 33.1 Å². The third-order valence-corrected chi connectivity index (χ3v) is 17.4. The van der Waals surface area contributed by atoms with Crippen LogP contribution in [0.15, 0.2) is 105 Å². The molecule has 2 heterocycles. The average molecular weight is 860 g/mol. The second-order valence-corrected chi connectivity index (χ2v) is 23.1. The molecule has 4 aromatic carbocycles. The van der Waals surface area contributed by atoms with Crippen LogP contribution in [0.2, 0.25) is 18.1 Å². The molecule has 1 amide bonds. The molecular formula is C49H61N5O7Si. The first-order chi connectivity index (χ1) is 29.6. The lowest BCUT2D eigenvalue weighted by atomic mass is 9.89. The summed E-state index contributed by atoms with van der Waals surface area (Å²) < 4.78 is 14.4.